The molecular weight excluding hydrogens is 270 g/mol. The zero-order chi connectivity index (χ0) is 10.7. The smallest absolute Gasteiger partial charge is 0.0346 e. The molecule has 0 unspecified atom stereocenters. The Morgan fingerprint density at radius 1 is 1.33 bits per heavy atom. The van der Waals surface area contributed by atoms with Crippen molar-refractivity contribution in [2.45, 2.75) is 6.54 Å². The predicted octanol–water partition coefficient (Wildman–Crippen LogP) is 3.90. The number of benzene rings is 1. The van der Waals surface area contributed by atoms with Crippen molar-refractivity contribution >= 4 is 27.3 Å². The highest BCUT2D eigenvalue weighted by Gasteiger charge is 2.02. The lowest BCUT2D eigenvalue weighted by Gasteiger charge is -1.97. The van der Waals surface area contributed by atoms with E-state index in [0.29, 0.717) is 0 Å². The predicted molar refractivity (Wildman–Crippen MR) is 70.2 cm³/mol. The van der Waals surface area contributed by atoms with E-state index in [0.717, 1.165) is 11.0 Å². The third-order valence-electron chi connectivity index (χ3n) is 2.14. The molecule has 15 heavy (non-hydrogen) atoms. The number of hydrogen-bond donors (Lipinski definition) is 1. The number of rotatable bonds is 3. The van der Waals surface area contributed by atoms with Crippen LogP contribution in [-0.4, -0.2) is 7.05 Å². The molecule has 1 aromatic carbocycles. The number of halogens is 1. The molecule has 0 saturated carbocycles. The summed E-state index contributed by atoms with van der Waals surface area (Å²) < 4.78 is 1.13. The molecule has 0 fully saturated rings. The van der Waals surface area contributed by atoms with Crippen LogP contribution < -0.4 is 5.32 Å². The molecule has 2 rings (SSSR count). The maximum absolute atomic E-state index is 3.49. The fourth-order valence-electron chi connectivity index (χ4n) is 1.47. The van der Waals surface area contributed by atoms with Gasteiger partial charge >= 0.3 is 0 Å². The lowest BCUT2D eigenvalue weighted by molar-refractivity contribution is 0.821. The number of hydrogen-bond acceptors (Lipinski definition) is 2. The standard InChI is InChI=1S/C12H12BrNS/c1-14-7-9-5-12(15-8-9)10-3-2-4-11(13)6-10/h2-6,8,14H,7H2,1H3. The normalized spacial score (nSPS) is 10.5. The first-order chi connectivity index (χ1) is 7.29. The van der Waals surface area contributed by atoms with E-state index in [4.69, 9.17) is 0 Å². The van der Waals surface area contributed by atoms with Gasteiger partial charge in [-0.1, -0.05) is 28.1 Å². The lowest BCUT2D eigenvalue weighted by atomic mass is 10.2. The lowest BCUT2D eigenvalue weighted by Crippen LogP contribution is -2.03. The minimum absolute atomic E-state index is 0.935. The van der Waals surface area contributed by atoms with Crippen LogP contribution in [0.5, 0.6) is 0 Å². The Bertz CT molecular complexity index is 450. The minimum Gasteiger partial charge on any atom is -0.316 e. The largest absolute Gasteiger partial charge is 0.316 e. The van der Waals surface area contributed by atoms with E-state index in [1.165, 1.54) is 16.0 Å². The van der Waals surface area contributed by atoms with E-state index in [2.05, 4.69) is 50.9 Å². The second-order valence-electron chi connectivity index (χ2n) is 3.36. The van der Waals surface area contributed by atoms with Gasteiger partial charge in [0, 0.05) is 15.9 Å². The summed E-state index contributed by atoms with van der Waals surface area (Å²) in [7, 11) is 1.97. The average Bonchev–Trinajstić information content (AvgIpc) is 2.67. The Kier molecular flexibility index (Phi) is 3.57. The molecule has 0 atom stereocenters. The minimum atomic E-state index is 0.935. The van der Waals surface area contributed by atoms with Crippen molar-refractivity contribution < 1.29 is 0 Å². The fraction of sp³-hybridized carbons (Fsp3) is 0.167. The summed E-state index contributed by atoms with van der Waals surface area (Å²) in [5.41, 5.74) is 2.62. The van der Waals surface area contributed by atoms with Crippen LogP contribution in [0.2, 0.25) is 0 Å². The molecular formula is C12H12BrNS. The highest BCUT2D eigenvalue weighted by Crippen LogP contribution is 2.28. The van der Waals surface area contributed by atoms with E-state index < -0.39 is 0 Å². The van der Waals surface area contributed by atoms with Gasteiger partial charge in [0.25, 0.3) is 0 Å². The van der Waals surface area contributed by atoms with Gasteiger partial charge in [0.1, 0.15) is 0 Å². The summed E-state index contributed by atoms with van der Waals surface area (Å²) in [5.74, 6) is 0. The third-order valence-corrected chi connectivity index (χ3v) is 3.67. The third kappa shape index (κ3) is 2.68. The first-order valence-corrected chi connectivity index (χ1v) is 6.45. The monoisotopic (exact) mass is 281 g/mol. The van der Waals surface area contributed by atoms with E-state index in [9.17, 15) is 0 Å². The molecule has 2 aromatic rings. The Balaban J connectivity index is 2.29. The van der Waals surface area contributed by atoms with Gasteiger partial charge in [-0.15, -0.1) is 11.3 Å². The molecule has 0 bridgehead atoms. The first-order valence-electron chi connectivity index (χ1n) is 4.77. The van der Waals surface area contributed by atoms with Gasteiger partial charge in [0.2, 0.25) is 0 Å². The van der Waals surface area contributed by atoms with E-state index >= 15 is 0 Å². The van der Waals surface area contributed by atoms with Gasteiger partial charge in [0.15, 0.2) is 0 Å². The van der Waals surface area contributed by atoms with Crippen molar-refractivity contribution in [2.24, 2.45) is 0 Å². The van der Waals surface area contributed by atoms with Gasteiger partial charge in [-0.2, -0.15) is 0 Å². The summed E-state index contributed by atoms with van der Waals surface area (Å²) in [6.45, 7) is 0.935. The zero-order valence-corrected chi connectivity index (χ0v) is 10.9. The summed E-state index contributed by atoms with van der Waals surface area (Å²) in [5, 5.41) is 5.36. The molecule has 0 saturated heterocycles. The van der Waals surface area contributed by atoms with Crippen LogP contribution in [0.4, 0.5) is 0 Å². The summed E-state index contributed by atoms with van der Waals surface area (Å²) in [4.78, 5) is 1.32. The second kappa shape index (κ2) is 4.92. The molecule has 0 radical (unpaired) electrons. The Labute approximate surface area is 102 Å². The molecule has 0 spiro atoms. The van der Waals surface area contributed by atoms with E-state index in [1.54, 1.807) is 11.3 Å². The van der Waals surface area contributed by atoms with Crippen LogP contribution in [0.25, 0.3) is 10.4 Å². The van der Waals surface area contributed by atoms with Crippen molar-refractivity contribution in [1.29, 1.82) is 0 Å². The van der Waals surface area contributed by atoms with Crippen molar-refractivity contribution in [3.8, 4) is 10.4 Å². The van der Waals surface area contributed by atoms with Crippen molar-refractivity contribution in [1.82, 2.24) is 5.32 Å². The maximum Gasteiger partial charge on any atom is 0.0346 e. The first kappa shape index (κ1) is 10.9. The molecule has 1 aromatic heterocycles. The number of thiophene rings is 1. The topological polar surface area (TPSA) is 12.0 Å². The summed E-state index contributed by atoms with van der Waals surface area (Å²) >= 11 is 5.28. The molecule has 78 valence electrons. The second-order valence-corrected chi connectivity index (χ2v) is 5.19. The van der Waals surface area contributed by atoms with Gasteiger partial charge in [-0.25, -0.2) is 0 Å². The quantitative estimate of drug-likeness (QED) is 0.900. The Morgan fingerprint density at radius 2 is 2.20 bits per heavy atom. The van der Waals surface area contributed by atoms with Crippen molar-refractivity contribution in [3.63, 3.8) is 0 Å². The molecule has 3 heteroatoms. The van der Waals surface area contributed by atoms with Crippen LogP contribution >= 0.6 is 27.3 Å². The van der Waals surface area contributed by atoms with Crippen LogP contribution in [0.1, 0.15) is 5.56 Å². The van der Waals surface area contributed by atoms with Gasteiger partial charge in [-0.3, -0.25) is 0 Å². The van der Waals surface area contributed by atoms with Gasteiger partial charge < -0.3 is 5.32 Å². The SMILES string of the molecule is CNCc1csc(-c2cccc(Br)c2)c1. The highest BCUT2D eigenvalue weighted by molar-refractivity contribution is 9.10. The van der Waals surface area contributed by atoms with Crippen LogP contribution in [0, 0.1) is 0 Å². The van der Waals surface area contributed by atoms with Crippen LogP contribution in [0.3, 0.4) is 0 Å². The fourth-order valence-corrected chi connectivity index (χ4v) is 2.78. The highest BCUT2D eigenvalue weighted by atomic mass is 79.9. The average molecular weight is 282 g/mol. The molecule has 1 heterocycles. The molecule has 1 N–H and O–H groups in total. The van der Waals surface area contributed by atoms with Gasteiger partial charge in [-0.05, 0) is 41.8 Å². The summed E-state index contributed by atoms with van der Waals surface area (Å²) in [6.07, 6.45) is 0. The molecule has 0 aliphatic carbocycles. The molecule has 1 nitrogen and oxygen atoms in total. The Morgan fingerprint density at radius 3 is 2.93 bits per heavy atom. The maximum atomic E-state index is 3.49. The number of nitrogens with one attached hydrogen (secondary N) is 1. The molecule has 0 aliphatic rings. The van der Waals surface area contributed by atoms with Crippen LogP contribution in [-0.2, 0) is 6.54 Å². The Hall–Kier alpha value is -0.640. The van der Waals surface area contributed by atoms with Crippen molar-refractivity contribution in [2.75, 3.05) is 7.05 Å². The van der Waals surface area contributed by atoms with E-state index in [1.807, 2.05) is 13.1 Å². The zero-order valence-electron chi connectivity index (χ0n) is 8.46. The van der Waals surface area contributed by atoms with Crippen molar-refractivity contribution in [3.05, 3.63) is 45.7 Å². The van der Waals surface area contributed by atoms with Crippen LogP contribution in [0.15, 0.2) is 40.2 Å². The molecule has 0 aliphatic heterocycles. The van der Waals surface area contributed by atoms with E-state index in [-0.39, 0.29) is 0 Å². The summed E-state index contributed by atoms with van der Waals surface area (Å²) in [6, 6.07) is 10.6. The molecule has 0 amide bonds. The van der Waals surface area contributed by atoms with Gasteiger partial charge in [0.05, 0.1) is 0 Å².